The van der Waals surface area contributed by atoms with Crippen molar-refractivity contribution in [2.45, 2.75) is 25.6 Å². The third kappa shape index (κ3) is 7.08. The molecule has 0 amide bonds. The lowest BCUT2D eigenvalue weighted by Gasteiger charge is -2.11. The quantitative estimate of drug-likeness (QED) is 0.417. The van der Waals surface area contributed by atoms with E-state index in [9.17, 15) is 0 Å². The number of aliphatic imine (C=N–C) groups is 1. The predicted octanol–water partition coefficient (Wildman–Crippen LogP) is 2.68. The number of aryl methyl sites for hydroxylation is 2. The van der Waals surface area contributed by atoms with Crippen molar-refractivity contribution in [2.24, 2.45) is 4.99 Å². The van der Waals surface area contributed by atoms with Crippen molar-refractivity contribution in [1.29, 1.82) is 0 Å². The fraction of sp³-hybridized carbons (Fsp3) is 0.444. The van der Waals surface area contributed by atoms with Gasteiger partial charge < -0.3 is 10.6 Å². The SMILES string of the molecule is CN=C(NCCCn1cccn1)NCCSCc1ccc(C)cc1. The Hall–Kier alpha value is -1.95. The minimum absolute atomic E-state index is 0.867. The number of aromatic nitrogens is 2. The molecule has 24 heavy (non-hydrogen) atoms. The van der Waals surface area contributed by atoms with Crippen molar-refractivity contribution in [3.05, 3.63) is 53.9 Å². The number of hydrogen-bond donors (Lipinski definition) is 2. The second-order valence-corrected chi connectivity index (χ2v) is 6.69. The Morgan fingerprint density at radius 1 is 1.21 bits per heavy atom. The average molecular weight is 346 g/mol. The van der Waals surface area contributed by atoms with Crippen LogP contribution in [0.3, 0.4) is 0 Å². The monoisotopic (exact) mass is 345 g/mol. The first-order chi connectivity index (χ1) is 11.8. The largest absolute Gasteiger partial charge is 0.356 e. The van der Waals surface area contributed by atoms with Gasteiger partial charge in [0, 0.05) is 50.6 Å². The van der Waals surface area contributed by atoms with E-state index in [2.05, 4.69) is 51.9 Å². The van der Waals surface area contributed by atoms with Crippen LogP contribution in [0, 0.1) is 6.92 Å². The summed E-state index contributed by atoms with van der Waals surface area (Å²) >= 11 is 1.93. The number of benzene rings is 1. The summed E-state index contributed by atoms with van der Waals surface area (Å²) in [5.41, 5.74) is 2.69. The summed E-state index contributed by atoms with van der Waals surface area (Å²) in [5, 5.41) is 10.9. The first-order valence-electron chi connectivity index (χ1n) is 8.33. The van der Waals surface area contributed by atoms with E-state index in [-0.39, 0.29) is 0 Å². The standard InChI is InChI=1S/C18H27N5S/c1-16-5-7-17(8-6-16)15-24-14-11-21-18(19-2)20-9-3-12-23-13-4-10-22-23/h4-8,10,13H,3,9,11-12,14-15H2,1-2H3,(H2,19,20,21). The Kier molecular flexibility index (Phi) is 8.24. The third-order valence-corrected chi connectivity index (χ3v) is 4.60. The molecule has 0 fully saturated rings. The van der Waals surface area contributed by atoms with Crippen LogP contribution in [0.1, 0.15) is 17.5 Å². The highest BCUT2D eigenvalue weighted by molar-refractivity contribution is 7.98. The van der Waals surface area contributed by atoms with Crippen LogP contribution in [0.15, 0.2) is 47.7 Å². The Morgan fingerprint density at radius 3 is 2.71 bits per heavy atom. The van der Waals surface area contributed by atoms with E-state index in [4.69, 9.17) is 0 Å². The molecule has 0 saturated carbocycles. The van der Waals surface area contributed by atoms with E-state index in [1.54, 1.807) is 0 Å². The molecule has 6 heteroatoms. The number of rotatable bonds is 9. The molecule has 5 nitrogen and oxygen atoms in total. The average Bonchev–Trinajstić information content (AvgIpc) is 3.11. The zero-order valence-corrected chi connectivity index (χ0v) is 15.4. The number of guanidine groups is 1. The maximum absolute atomic E-state index is 4.25. The van der Waals surface area contributed by atoms with E-state index in [0.717, 1.165) is 43.5 Å². The lowest BCUT2D eigenvalue weighted by Crippen LogP contribution is -2.39. The second kappa shape index (κ2) is 10.8. The highest BCUT2D eigenvalue weighted by atomic mass is 32.2. The molecule has 1 aromatic carbocycles. The lowest BCUT2D eigenvalue weighted by atomic mass is 10.2. The van der Waals surface area contributed by atoms with Crippen LogP contribution in [0.4, 0.5) is 0 Å². The molecule has 2 N–H and O–H groups in total. The van der Waals surface area contributed by atoms with Crippen LogP contribution < -0.4 is 10.6 Å². The molecule has 1 aromatic heterocycles. The van der Waals surface area contributed by atoms with Gasteiger partial charge in [0.1, 0.15) is 0 Å². The Bertz CT molecular complexity index is 592. The Morgan fingerprint density at radius 2 is 2.00 bits per heavy atom. The van der Waals surface area contributed by atoms with Gasteiger partial charge in [0.05, 0.1) is 0 Å². The van der Waals surface area contributed by atoms with Crippen molar-refractivity contribution < 1.29 is 0 Å². The first kappa shape index (κ1) is 18.4. The fourth-order valence-electron chi connectivity index (χ4n) is 2.22. The first-order valence-corrected chi connectivity index (χ1v) is 9.48. The van der Waals surface area contributed by atoms with E-state index >= 15 is 0 Å². The van der Waals surface area contributed by atoms with Crippen LogP contribution in [0.5, 0.6) is 0 Å². The minimum atomic E-state index is 0.867. The molecule has 2 rings (SSSR count). The molecular formula is C18H27N5S. The summed E-state index contributed by atoms with van der Waals surface area (Å²) in [6.07, 6.45) is 4.81. The van der Waals surface area contributed by atoms with Gasteiger partial charge in [-0.05, 0) is 25.0 Å². The van der Waals surface area contributed by atoms with Gasteiger partial charge in [0.15, 0.2) is 5.96 Å². The minimum Gasteiger partial charge on any atom is -0.356 e. The molecule has 1 heterocycles. The number of hydrogen-bond acceptors (Lipinski definition) is 3. The van der Waals surface area contributed by atoms with Crippen molar-refractivity contribution in [2.75, 3.05) is 25.9 Å². The van der Waals surface area contributed by atoms with Gasteiger partial charge in [-0.3, -0.25) is 9.67 Å². The number of nitrogens with one attached hydrogen (secondary N) is 2. The molecular weight excluding hydrogens is 318 g/mol. The number of nitrogens with zero attached hydrogens (tertiary/aromatic N) is 3. The van der Waals surface area contributed by atoms with Gasteiger partial charge >= 0.3 is 0 Å². The van der Waals surface area contributed by atoms with Gasteiger partial charge in [-0.15, -0.1) is 0 Å². The van der Waals surface area contributed by atoms with E-state index < -0.39 is 0 Å². The summed E-state index contributed by atoms with van der Waals surface area (Å²) in [5.74, 6) is 2.98. The lowest BCUT2D eigenvalue weighted by molar-refractivity contribution is 0.570. The zero-order chi connectivity index (χ0) is 17.0. The van der Waals surface area contributed by atoms with Crippen molar-refractivity contribution in [1.82, 2.24) is 20.4 Å². The summed E-state index contributed by atoms with van der Waals surface area (Å²) in [4.78, 5) is 4.25. The third-order valence-electron chi connectivity index (χ3n) is 3.57. The highest BCUT2D eigenvalue weighted by Crippen LogP contribution is 2.12. The Labute approximate surface area is 148 Å². The predicted molar refractivity (Wildman–Crippen MR) is 104 cm³/mol. The van der Waals surface area contributed by atoms with Crippen LogP contribution in [0.2, 0.25) is 0 Å². The molecule has 0 aliphatic heterocycles. The zero-order valence-electron chi connectivity index (χ0n) is 14.5. The Balaban J connectivity index is 1.52. The van der Waals surface area contributed by atoms with Gasteiger partial charge in [0.25, 0.3) is 0 Å². The van der Waals surface area contributed by atoms with Gasteiger partial charge in [-0.25, -0.2) is 0 Å². The molecule has 0 unspecified atom stereocenters. The molecule has 2 aromatic rings. The van der Waals surface area contributed by atoms with Crippen LogP contribution in [-0.2, 0) is 12.3 Å². The van der Waals surface area contributed by atoms with Gasteiger partial charge in [-0.1, -0.05) is 29.8 Å². The topological polar surface area (TPSA) is 54.2 Å². The van der Waals surface area contributed by atoms with Gasteiger partial charge in [0.2, 0.25) is 0 Å². The molecule has 130 valence electrons. The van der Waals surface area contributed by atoms with Crippen molar-refractivity contribution in [3.63, 3.8) is 0 Å². The smallest absolute Gasteiger partial charge is 0.191 e. The van der Waals surface area contributed by atoms with Crippen LogP contribution in [0.25, 0.3) is 0 Å². The van der Waals surface area contributed by atoms with Crippen LogP contribution >= 0.6 is 11.8 Å². The molecule has 0 bridgehead atoms. The molecule has 0 aliphatic rings. The molecule has 0 spiro atoms. The maximum Gasteiger partial charge on any atom is 0.191 e. The van der Waals surface area contributed by atoms with Crippen LogP contribution in [-0.4, -0.2) is 41.6 Å². The fourth-order valence-corrected chi connectivity index (χ4v) is 3.04. The van der Waals surface area contributed by atoms with Crippen molar-refractivity contribution in [3.8, 4) is 0 Å². The second-order valence-electron chi connectivity index (χ2n) is 5.59. The molecule has 0 radical (unpaired) electrons. The maximum atomic E-state index is 4.25. The van der Waals surface area contributed by atoms with Gasteiger partial charge in [-0.2, -0.15) is 16.9 Å². The summed E-state index contributed by atoms with van der Waals surface area (Å²) in [7, 11) is 1.81. The van der Waals surface area contributed by atoms with E-state index in [0.29, 0.717) is 0 Å². The summed E-state index contributed by atoms with van der Waals surface area (Å²) < 4.78 is 1.94. The molecule has 0 aliphatic carbocycles. The number of thioether (sulfide) groups is 1. The van der Waals surface area contributed by atoms with E-state index in [1.807, 2.05) is 42.0 Å². The molecule has 0 atom stereocenters. The summed E-state index contributed by atoms with van der Waals surface area (Å²) in [6.45, 7) is 4.84. The normalized spacial score (nSPS) is 11.5. The molecule has 0 saturated heterocycles. The highest BCUT2D eigenvalue weighted by Gasteiger charge is 1.98. The summed E-state index contributed by atoms with van der Waals surface area (Å²) in [6, 6.07) is 10.7. The van der Waals surface area contributed by atoms with Crippen molar-refractivity contribution >= 4 is 17.7 Å². The van der Waals surface area contributed by atoms with E-state index in [1.165, 1.54) is 11.1 Å².